The van der Waals surface area contributed by atoms with E-state index in [9.17, 15) is 0 Å². The quantitative estimate of drug-likeness (QED) is 0.309. The first kappa shape index (κ1) is 24.8. The third-order valence-electron chi connectivity index (χ3n) is 5.03. The fourth-order valence-corrected chi connectivity index (χ4v) is 5.35. The number of nitrogens with zero attached hydrogens (tertiary/aromatic N) is 5. The van der Waals surface area contributed by atoms with E-state index in [2.05, 4.69) is 39.6 Å². The van der Waals surface area contributed by atoms with Gasteiger partial charge in [-0.3, -0.25) is 0 Å². The largest absolute Gasteiger partial charge is 0.455 e. The Morgan fingerprint density at radius 3 is 1.71 bits per heavy atom. The Kier molecular flexibility index (Phi) is 7.43. The number of hydrogen-bond donors (Lipinski definition) is 0. The maximum Gasteiger partial charge on any atom is 0.455 e. The van der Waals surface area contributed by atoms with Gasteiger partial charge < -0.3 is 18.8 Å². The lowest BCUT2D eigenvalue weighted by Gasteiger charge is -2.27. The maximum absolute atomic E-state index is 6.44. The fraction of sp³-hybridized carbons (Fsp3) is 0.154. The van der Waals surface area contributed by atoms with Crippen LogP contribution in [0.15, 0.2) is 98.3 Å². The second-order valence-corrected chi connectivity index (χ2v) is 10.8. The predicted octanol–water partition coefficient (Wildman–Crippen LogP) is 7.01. The van der Waals surface area contributed by atoms with Gasteiger partial charge in [-0.05, 0) is 53.1 Å². The molecular formula is C26H27BrN5O2P. The molecule has 1 heterocycles. The Bertz CT molecular complexity index is 1310. The highest BCUT2D eigenvalue weighted by atomic mass is 79.9. The number of guanidine groups is 2. The molecule has 0 fully saturated rings. The van der Waals surface area contributed by atoms with Crippen LogP contribution in [-0.4, -0.2) is 49.9 Å². The molecule has 0 spiro atoms. The normalized spacial score (nSPS) is 16.9. The van der Waals surface area contributed by atoms with E-state index in [4.69, 9.17) is 18.6 Å². The van der Waals surface area contributed by atoms with Gasteiger partial charge in [0.15, 0.2) is 0 Å². The van der Waals surface area contributed by atoms with Crippen LogP contribution in [0.3, 0.4) is 0 Å². The lowest BCUT2D eigenvalue weighted by Crippen LogP contribution is -2.29. The van der Waals surface area contributed by atoms with Crippen molar-refractivity contribution in [3.05, 3.63) is 89.4 Å². The Balaban J connectivity index is 1.72. The van der Waals surface area contributed by atoms with E-state index in [-0.39, 0.29) is 0 Å². The first-order valence-electron chi connectivity index (χ1n) is 10.9. The van der Waals surface area contributed by atoms with Crippen molar-refractivity contribution < 1.29 is 9.05 Å². The highest BCUT2D eigenvalue weighted by Gasteiger charge is 2.32. The molecule has 0 saturated carbocycles. The monoisotopic (exact) mass is 551 g/mol. The average Bonchev–Trinajstić information content (AvgIpc) is 2.85. The van der Waals surface area contributed by atoms with Crippen molar-refractivity contribution in [3.8, 4) is 22.6 Å². The first-order chi connectivity index (χ1) is 16.8. The van der Waals surface area contributed by atoms with Crippen molar-refractivity contribution in [1.29, 1.82) is 0 Å². The number of aliphatic imine (C=N–C) groups is 1. The Hall–Kier alpha value is -3.35. The third-order valence-corrected chi connectivity index (χ3v) is 7.32. The standard InChI is InChI=1S/C26H27BrN5O2P/c1-6-19-7-9-20(10-8-19)21-11-15-23(16-12-21)33-35(34-24-17-13-22(27)14-18-24)29-25(31(2)3)28-26(30-35)32(4)5/h6-18H,1H2,2-5H3. The molecule has 1 atom stereocenters. The number of rotatable bonds is 6. The summed E-state index contributed by atoms with van der Waals surface area (Å²) >= 11 is 3.46. The second kappa shape index (κ2) is 10.5. The first-order valence-corrected chi connectivity index (χ1v) is 13.2. The van der Waals surface area contributed by atoms with E-state index < -0.39 is 7.66 Å². The van der Waals surface area contributed by atoms with Crippen LogP contribution in [0.25, 0.3) is 17.2 Å². The van der Waals surface area contributed by atoms with Crippen molar-refractivity contribution in [1.82, 2.24) is 9.80 Å². The summed E-state index contributed by atoms with van der Waals surface area (Å²) in [6, 6.07) is 23.6. The number of hydrogen-bond acceptors (Lipinski definition) is 7. The summed E-state index contributed by atoms with van der Waals surface area (Å²) in [4.78, 5) is 8.18. The molecule has 1 aliphatic heterocycles. The minimum absolute atomic E-state index is 0.480. The smallest absolute Gasteiger partial charge is 0.413 e. The lowest BCUT2D eigenvalue weighted by atomic mass is 10.0. The molecule has 0 bridgehead atoms. The van der Waals surface area contributed by atoms with Gasteiger partial charge in [0, 0.05) is 32.7 Å². The average molecular weight is 552 g/mol. The molecule has 0 amide bonds. The highest BCUT2D eigenvalue weighted by molar-refractivity contribution is 9.10. The zero-order chi connectivity index (χ0) is 25.0. The molecule has 0 saturated heterocycles. The summed E-state index contributed by atoms with van der Waals surface area (Å²) in [6.07, 6.45) is 1.83. The second-order valence-electron chi connectivity index (χ2n) is 8.18. The molecule has 3 aromatic rings. The van der Waals surface area contributed by atoms with E-state index >= 15 is 0 Å². The molecule has 0 radical (unpaired) electrons. The Morgan fingerprint density at radius 2 is 1.23 bits per heavy atom. The number of halogens is 1. The van der Waals surface area contributed by atoms with Crippen molar-refractivity contribution >= 4 is 41.6 Å². The van der Waals surface area contributed by atoms with Gasteiger partial charge in [0.25, 0.3) is 0 Å². The van der Waals surface area contributed by atoms with E-state index in [0.29, 0.717) is 23.4 Å². The van der Waals surface area contributed by atoms with Crippen molar-refractivity contribution in [3.63, 3.8) is 0 Å². The molecule has 1 aliphatic rings. The molecule has 4 rings (SSSR count). The van der Waals surface area contributed by atoms with Crippen LogP contribution in [0.5, 0.6) is 11.5 Å². The Morgan fingerprint density at radius 1 is 0.743 bits per heavy atom. The van der Waals surface area contributed by atoms with Crippen LogP contribution in [-0.2, 0) is 0 Å². The summed E-state index contributed by atoms with van der Waals surface area (Å²) in [7, 11) is 4.31. The topological polar surface area (TPSA) is 62.0 Å². The van der Waals surface area contributed by atoms with Gasteiger partial charge in [0.05, 0.1) is 0 Å². The minimum atomic E-state index is -3.19. The Labute approximate surface area is 214 Å². The van der Waals surface area contributed by atoms with E-state index in [0.717, 1.165) is 21.2 Å². The summed E-state index contributed by atoms with van der Waals surface area (Å²) in [5.74, 6) is 2.17. The van der Waals surface area contributed by atoms with Crippen molar-refractivity contribution in [2.75, 3.05) is 28.2 Å². The molecule has 3 aromatic carbocycles. The van der Waals surface area contributed by atoms with Crippen LogP contribution in [0.1, 0.15) is 5.56 Å². The molecule has 0 unspecified atom stereocenters. The SMILES string of the molecule is C=Cc1ccc(-c2ccc(O[P@]3(Oc4ccc(Br)cc4)=NC(N(C)C)=NC(N(C)C)=N3)cc2)cc1. The van der Waals surface area contributed by atoms with Crippen molar-refractivity contribution in [2.24, 2.45) is 14.5 Å². The fourth-order valence-electron chi connectivity index (χ4n) is 3.15. The summed E-state index contributed by atoms with van der Waals surface area (Å²) in [6.45, 7) is 3.81. The summed E-state index contributed by atoms with van der Waals surface area (Å²) in [5, 5.41) is 0. The molecule has 0 aromatic heterocycles. The zero-order valence-corrected chi connectivity index (χ0v) is 22.6. The molecule has 7 nitrogen and oxygen atoms in total. The lowest BCUT2D eigenvalue weighted by molar-refractivity contribution is 0.471. The summed E-state index contributed by atoms with van der Waals surface area (Å²) in [5.41, 5.74) is 3.26. The maximum atomic E-state index is 6.44. The molecule has 0 N–H and O–H groups in total. The van der Waals surface area contributed by atoms with E-state index in [1.165, 1.54) is 0 Å². The van der Waals surface area contributed by atoms with Crippen molar-refractivity contribution in [2.45, 2.75) is 0 Å². The van der Waals surface area contributed by atoms with Gasteiger partial charge in [-0.1, -0.05) is 65.0 Å². The molecule has 35 heavy (non-hydrogen) atoms. The van der Waals surface area contributed by atoms with Crippen LogP contribution >= 0.6 is 23.6 Å². The van der Waals surface area contributed by atoms with Crippen LogP contribution in [0.2, 0.25) is 0 Å². The van der Waals surface area contributed by atoms with E-state index in [1.807, 2.05) is 105 Å². The van der Waals surface area contributed by atoms with Crippen LogP contribution < -0.4 is 9.05 Å². The van der Waals surface area contributed by atoms with Crippen LogP contribution in [0.4, 0.5) is 0 Å². The third kappa shape index (κ3) is 6.02. The van der Waals surface area contributed by atoms with E-state index in [1.54, 1.807) is 0 Å². The van der Waals surface area contributed by atoms with Gasteiger partial charge in [-0.15, -0.1) is 9.51 Å². The van der Waals surface area contributed by atoms with Gasteiger partial charge >= 0.3 is 7.66 Å². The van der Waals surface area contributed by atoms with Crippen LogP contribution in [0, 0.1) is 0 Å². The van der Waals surface area contributed by atoms with Gasteiger partial charge in [0.2, 0.25) is 11.9 Å². The number of benzene rings is 3. The zero-order valence-electron chi connectivity index (χ0n) is 20.1. The minimum Gasteiger partial charge on any atom is -0.413 e. The predicted molar refractivity (Wildman–Crippen MR) is 149 cm³/mol. The molecular weight excluding hydrogens is 525 g/mol. The van der Waals surface area contributed by atoms with Gasteiger partial charge in [0.1, 0.15) is 11.5 Å². The summed E-state index contributed by atoms with van der Waals surface area (Å²) < 4.78 is 23.3. The van der Waals surface area contributed by atoms with Gasteiger partial charge in [-0.2, -0.15) is 4.99 Å². The molecule has 0 aliphatic carbocycles. The molecule has 180 valence electrons. The highest BCUT2D eigenvalue weighted by Crippen LogP contribution is 2.55. The van der Waals surface area contributed by atoms with Gasteiger partial charge in [-0.25, -0.2) is 0 Å². The molecule has 9 heteroatoms.